The van der Waals surface area contributed by atoms with Gasteiger partial charge < -0.3 is 10.1 Å². The number of alkyl halides is 1. The van der Waals surface area contributed by atoms with E-state index < -0.39 is 5.67 Å². The highest BCUT2D eigenvalue weighted by atomic mass is 19.1. The summed E-state index contributed by atoms with van der Waals surface area (Å²) in [6.45, 7) is 2.62. The summed E-state index contributed by atoms with van der Waals surface area (Å²) in [5.74, 6) is 0.240. The molecule has 3 aliphatic rings. The SMILES string of the molecule is FC1(C2CCOC3(CCCC3)C2)CCCNCC1. The molecule has 0 aromatic rings. The fourth-order valence-electron chi connectivity index (χ4n) is 4.30. The van der Waals surface area contributed by atoms with Crippen LogP contribution in [0.5, 0.6) is 0 Å². The van der Waals surface area contributed by atoms with Crippen LogP contribution in [-0.4, -0.2) is 31.0 Å². The molecule has 3 heteroatoms. The molecule has 1 saturated carbocycles. The molecule has 3 fully saturated rings. The Morgan fingerprint density at radius 1 is 1.00 bits per heavy atom. The Labute approximate surface area is 110 Å². The summed E-state index contributed by atoms with van der Waals surface area (Å²) in [7, 11) is 0. The molecule has 0 amide bonds. The second-order valence-electron chi connectivity index (χ2n) is 6.57. The average Bonchev–Trinajstić information content (AvgIpc) is 2.69. The zero-order chi connectivity index (χ0) is 12.5. The first-order valence-electron chi connectivity index (χ1n) is 7.76. The Balaban J connectivity index is 1.70. The summed E-state index contributed by atoms with van der Waals surface area (Å²) >= 11 is 0. The summed E-state index contributed by atoms with van der Waals surface area (Å²) in [6, 6.07) is 0. The van der Waals surface area contributed by atoms with Gasteiger partial charge in [-0.2, -0.15) is 0 Å². The van der Waals surface area contributed by atoms with Crippen molar-refractivity contribution in [1.82, 2.24) is 5.32 Å². The van der Waals surface area contributed by atoms with Crippen molar-refractivity contribution in [3.63, 3.8) is 0 Å². The molecule has 104 valence electrons. The Morgan fingerprint density at radius 3 is 2.67 bits per heavy atom. The summed E-state index contributed by atoms with van der Waals surface area (Å²) < 4.78 is 21.3. The lowest BCUT2D eigenvalue weighted by molar-refractivity contribution is -0.123. The molecule has 0 bridgehead atoms. The standard InChI is InChI=1S/C15H26FNO/c16-15(7-3-9-17-10-8-15)13-4-11-18-14(12-13)5-1-2-6-14/h13,17H,1-12H2. The minimum Gasteiger partial charge on any atom is -0.375 e. The lowest BCUT2D eigenvalue weighted by Gasteiger charge is -2.44. The van der Waals surface area contributed by atoms with Crippen molar-refractivity contribution >= 4 is 0 Å². The molecular weight excluding hydrogens is 229 g/mol. The van der Waals surface area contributed by atoms with E-state index in [1.807, 2.05) is 0 Å². The van der Waals surface area contributed by atoms with Crippen molar-refractivity contribution < 1.29 is 9.13 Å². The molecule has 1 spiro atoms. The molecule has 0 aromatic carbocycles. The van der Waals surface area contributed by atoms with Crippen molar-refractivity contribution in [3.8, 4) is 0 Å². The number of hydrogen-bond donors (Lipinski definition) is 1. The molecule has 3 rings (SSSR count). The van der Waals surface area contributed by atoms with Crippen molar-refractivity contribution in [1.29, 1.82) is 0 Å². The average molecular weight is 255 g/mol. The van der Waals surface area contributed by atoms with E-state index in [4.69, 9.17) is 4.74 Å². The summed E-state index contributed by atoms with van der Waals surface area (Å²) in [4.78, 5) is 0. The zero-order valence-electron chi connectivity index (χ0n) is 11.3. The maximum atomic E-state index is 15.3. The van der Waals surface area contributed by atoms with Crippen LogP contribution >= 0.6 is 0 Å². The van der Waals surface area contributed by atoms with Crippen LogP contribution in [0, 0.1) is 5.92 Å². The van der Waals surface area contributed by atoms with Crippen molar-refractivity contribution in [2.45, 2.75) is 69.1 Å². The lowest BCUT2D eigenvalue weighted by atomic mass is 9.73. The highest BCUT2D eigenvalue weighted by molar-refractivity contribution is 4.98. The summed E-state index contributed by atoms with van der Waals surface area (Å²) in [6.07, 6.45) is 9.22. The fraction of sp³-hybridized carbons (Fsp3) is 1.00. The zero-order valence-corrected chi connectivity index (χ0v) is 11.3. The van der Waals surface area contributed by atoms with Gasteiger partial charge in [0.1, 0.15) is 5.67 Å². The van der Waals surface area contributed by atoms with E-state index in [0.717, 1.165) is 58.2 Å². The highest BCUT2D eigenvalue weighted by Gasteiger charge is 2.47. The van der Waals surface area contributed by atoms with Gasteiger partial charge in [0.05, 0.1) is 5.60 Å². The Hall–Kier alpha value is -0.150. The number of nitrogens with one attached hydrogen (secondary N) is 1. The van der Waals surface area contributed by atoms with E-state index in [1.54, 1.807) is 0 Å². The van der Waals surface area contributed by atoms with E-state index in [-0.39, 0.29) is 11.5 Å². The van der Waals surface area contributed by atoms with Crippen LogP contribution in [0.2, 0.25) is 0 Å². The molecule has 1 N–H and O–H groups in total. The second kappa shape index (κ2) is 5.09. The van der Waals surface area contributed by atoms with E-state index in [9.17, 15) is 0 Å². The van der Waals surface area contributed by atoms with Gasteiger partial charge >= 0.3 is 0 Å². The summed E-state index contributed by atoms with van der Waals surface area (Å²) in [5, 5.41) is 3.33. The van der Waals surface area contributed by atoms with Gasteiger partial charge in [-0.25, -0.2) is 4.39 Å². The van der Waals surface area contributed by atoms with Crippen LogP contribution < -0.4 is 5.32 Å². The van der Waals surface area contributed by atoms with Gasteiger partial charge in [-0.3, -0.25) is 0 Å². The quantitative estimate of drug-likeness (QED) is 0.777. The van der Waals surface area contributed by atoms with Gasteiger partial charge in [-0.15, -0.1) is 0 Å². The van der Waals surface area contributed by atoms with Gasteiger partial charge in [-0.05, 0) is 64.0 Å². The third-order valence-corrected chi connectivity index (χ3v) is 5.40. The molecule has 2 heterocycles. The molecule has 2 saturated heterocycles. The molecule has 18 heavy (non-hydrogen) atoms. The topological polar surface area (TPSA) is 21.3 Å². The normalized spacial score (nSPS) is 40.8. The maximum absolute atomic E-state index is 15.3. The van der Waals surface area contributed by atoms with Gasteiger partial charge in [0.25, 0.3) is 0 Å². The van der Waals surface area contributed by atoms with E-state index in [2.05, 4.69) is 5.32 Å². The third kappa shape index (κ3) is 2.44. The number of ether oxygens (including phenoxy) is 1. The first kappa shape index (κ1) is 12.9. The first-order chi connectivity index (χ1) is 8.73. The van der Waals surface area contributed by atoms with E-state index in [0.29, 0.717) is 6.42 Å². The van der Waals surface area contributed by atoms with Gasteiger partial charge in [0, 0.05) is 6.61 Å². The molecule has 0 aromatic heterocycles. The lowest BCUT2D eigenvalue weighted by Crippen LogP contribution is -2.45. The molecule has 2 atom stereocenters. The van der Waals surface area contributed by atoms with E-state index in [1.165, 1.54) is 12.8 Å². The van der Waals surface area contributed by atoms with Crippen LogP contribution in [0.25, 0.3) is 0 Å². The Kier molecular flexibility index (Phi) is 3.63. The predicted molar refractivity (Wildman–Crippen MR) is 70.4 cm³/mol. The van der Waals surface area contributed by atoms with Crippen molar-refractivity contribution in [2.24, 2.45) is 5.92 Å². The molecule has 0 radical (unpaired) electrons. The van der Waals surface area contributed by atoms with Crippen molar-refractivity contribution in [3.05, 3.63) is 0 Å². The third-order valence-electron chi connectivity index (χ3n) is 5.40. The molecule has 2 nitrogen and oxygen atoms in total. The van der Waals surface area contributed by atoms with E-state index >= 15 is 4.39 Å². The van der Waals surface area contributed by atoms with Gasteiger partial charge in [0.2, 0.25) is 0 Å². The smallest absolute Gasteiger partial charge is 0.115 e. The molecule has 2 aliphatic heterocycles. The monoisotopic (exact) mass is 255 g/mol. The van der Waals surface area contributed by atoms with Crippen LogP contribution in [0.4, 0.5) is 4.39 Å². The molecule has 1 aliphatic carbocycles. The van der Waals surface area contributed by atoms with Crippen molar-refractivity contribution in [2.75, 3.05) is 19.7 Å². The minimum atomic E-state index is -0.928. The fourth-order valence-corrected chi connectivity index (χ4v) is 4.30. The van der Waals surface area contributed by atoms with Crippen LogP contribution in [-0.2, 0) is 4.74 Å². The minimum absolute atomic E-state index is 0.0573. The molecule has 2 unspecified atom stereocenters. The second-order valence-corrected chi connectivity index (χ2v) is 6.57. The Morgan fingerprint density at radius 2 is 1.83 bits per heavy atom. The largest absolute Gasteiger partial charge is 0.375 e. The number of hydrogen-bond acceptors (Lipinski definition) is 2. The van der Waals surface area contributed by atoms with Crippen LogP contribution in [0.3, 0.4) is 0 Å². The van der Waals surface area contributed by atoms with Gasteiger partial charge in [-0.1, -0.05) is 12.8 Å². The Bertz CT molecular complexity index is 280. The highest BCUT2D eigenvalue weighted by Crippen LogP contribution is 2.48. The van der Waals surface area contributed by atoms with Gasteiger partial charge in [0.15, 0.2) is 0 Å². The van der Waals surface area contributed by atoms with Crippen LogP contribution in [0.1, 0.15) is 57.8 Å². The summed E-state index contributed by atoms with van der Waals surface area (Å²) in [5.41, 5.74) is -0.870. The maximum Gasteiger partial charge on any atom is 0.115 e. The molecular formula is C15H26FNO. The predicted octanol–water partition coefficient (Wildman–Crippen LogP) is 3.21. The first-order valence-corrected chi connectivity index (χ1v) is 7.76. The number of rotatable bonds is 1. The van der Waals surface area contributed by atoms with Crippen LogP contribution in [0.15, 0.2) is 0 Å². The number of halogens is 1.